The summed E-state index contributed by atoms with van der Waals surface area (Å²) >= 11 is 0. The van der Waals surface area contributed by atoms with Gasteiger partial charge in [0.05, 0.1) is 12.1 Å². The van der Waals surface area contributed by atoms with E-state index in [1.54, 1.807) is 18.3 Å². The first-order valence-electron chi connectivity index (χ1n) is 6.70. The largest absolute Gasteiger partial charge is 0.391 e. The number of hydrogen-bond donors (Lipinski definition) is 2. The third kappa shape index (κ3) is 3.44. The Hall–Kier alpha value is -1.62. The summed E-state index contributed by atoms with van der Waals surface area (Å²) in [7, 11) is 3.77. The molecular formula is C14H21N3O2. The second kappa shape index (κ2) is 6.02. The first kappa shape index (κ1) is 13.8. The van der Waals surface area contributed by atoms with Gasteiger partial charge in [0, 0.05) is 25.9 Å². The number of aromatic nitrogens is 1. The number of anilines is 1. The summed E-state index contributed by atoms with van der Waals surface area (Å²) in [4.78, 5) is 18.2. The summed E-state index contributed by atoms with van der Waals surface area (Å²) in [6.45, 7) is 0. The Balaban J connectivity index is 2.05. The van der Waals surface area contributed by atoms with Crippen LogP contribution >= 0.6 is 0 Å². The van der Waals surface area contributed by atoms with Gasteiger partial charge in [-0.1, -0.05) is 12.8 Å². The lowest BCUT2D eigenvalue weighted by atomic mass is 9.92. The quantitative estimate of drug-likeness (QED) is 0.859. The zero-order chi connectivity index (χ0) is 13.8. The van der Waals surface area contributed by atoms with E-state index < -0.39 is 6.10 Å². The van der Waals surface area contributed by atoms with E-state index in [-0.39, 0.29) is 11.9 Å². The number of pyridine rings is 1. The Kier molecular flexibility index (Phi) is 4.37. The lowest BCUT2D eigenvalue weighted by Gasteiger charge is -2.28. The van der Waals surface area contributed by atoms with Gasteiger partial charge in [-0.3, -0.25) is 4.79 Å². The van der Waals surface area contributed by atoms with E-state index in [1.165, 1.54) is 0 Å². The Bertz CT molecular complexity index is 448. The molecule has 5 nitrogen and oxygen atoms in total. The molecule has 1 aromatic heterocycles. The summed E-state index contributed by atoms with van der Waals surface area (Å²) in [6, 6.07) is 3.32. The van der Waals surface area contributed by atoms with Gasteiger partial charge >= 0.3 is 0 Å². The zero-order valence-electron chi connectivity index (χ0n) is 11.5. The maximum atomic E-state index is 12.2. The molecule has 1 aliphatic rings. The molecule has 0 aliphatic heterocycles. The summed E-state index contributed by atoms with van der Waals surface area (Å²) < 4.78 is 0. The Morgan fingerprint density at radius 3 is 2.84 bits per heavy atom. The summed E-state index contributed by atoms with van der Waals surface area (Å²) in [5.41, 5.74) is 0.580. The molecule has 1 fully saturated rings. The minimum absolute atomic E-state index is 0.128. The smallest absolute Gasteiger partial charge is 0.251 e. The first-order chi connectivity index (χ1) is 9.08. The summed E-state index contributed by atoms with van der Waals surface area (Å²) in [6.07, 6.45) is 4.91. The van der Waals surface area contributed by atoms with E-state index >= 15 is 0 Å². The molecule has 19 heavy (non-hydrogen) atoms. The summed E-state index contributed by atoms with van der Waals surface area (Å²) in [5.74, 6) is 0.605. The number of carbonyl (C=O) groups excluding carboxylic acids is 1. The van der Waals surface area contributed by atoms with Crippen LogP contribution in [0.25, 0.3) is 0 Å². The Morgan fingerprint density at radius 1 is 1.42 bits per heavy atom. The molecule has 0 saturated heterocycles. The molecule has 1 aromatic rings. The molecule has 1 aliphatic carbocycles. The molecule has 2 unspecified atom stereocenters. The highest BCUT2D eigenvalue weighted by Crippen LogP contribution is 2.19. The molecule has 2 N–H and O–H groups in total. The van der Waals surface area contributed by atoms with Crippen LogP contribution in [0.1, 0.15) is 36.0 Å². The summed E-state index contributed by atoms with van der Waals surface area (Å²) in [5, 5.41) is 12.8. The fraction of sp³-hybridized carbons (Fsp3) is 0.571. The number of aliphatic hydroxyl groups excluding tert-OH is 1. The standard InChI is InChI=1S/C14H21N3O2/c1-17(2)13-9-10(7-8-15-13)14(19)16-11-5-3-4-6-12(11)18/h7-9,11-12,18H,3-6H2,1-2H3,(H,16,19). The fourth-order valence-electron chi connectivity index (χ4n) is 2.34. The van der Waals surface area contributed by atoms with Crippen LogP contribution in [-0.2, 0) is 0 Å². The minimum Gasteiger partial charge on any atom is -0.391 e. The van der Waals surface area contributed by atoms with E-state index in [9.17, 15) is 9.90 Å². The molecule has 104 valence electrons. The molecule has 1 heterocycles. The van der Waals surface area contributed by atoms with Crippen molar-refractivity contribution in [2.45, 2.75) is 37.8 Å². The van der Waals surface area contributed by atoms with Crippen molar-refractivity contribution < 1.29 is 9.90 Å². The number of hydrogen-bond acceptors (Lipinski definition) is 4. The fourth-order valence-corrected chi connectivity index (χ4v) is 2.34. The SMILES string of the molecule is CN(C)c1cc(C(=O)NC2CCCCC2O)ccn1. The van der Waals surface area contributed by atoms with E-state index in [0.717, 1.165) is 31.5 Å². The molecule has 0 spiro atoms. The normalized spacial score (nSPS) is 22.9. The maximum Gasteiger partial charge on any atom is 0.251 e. The van der Waals surface area contributed by atoms with Crippen LogP contribution in [-0.4, -0.2) is 42.2 Å². The van der Waals surface area contributed by atoms with Gasteiger partial charge in [-0.15, -0.1) is 0 Å². The van der Waals surface area contributed by atoms with Crippen LogP contribution < -0.4 is 10.2 Å². The third-order valence-corrected chi connectivity index (χ3v) is 3.51. The number of nitrogens with zero attached hydrogens (tertiary/aromatic N) is 2. The molecule has 2 rings (SSSR count). The topological polar surface area (TPSA) is 65.5 Å². The van der Waals surface area contributed by atoms with Crippen molar-refractivity contribution in [1.29, 1.82) is 0 Å². The van der Waals surface area contributed by atoms with Gasteiger partial charge in [0.2, 0.25) is 0 Å². The predicted octanol–water partition coefficient (Wildman–Crippen LogP) is 1.18. The van der Waals surface area contributed by atoms with E-state index in [1.807, 2.05) is 19.0 Å². The molecular weight excluding hydrogens is 242 g/mol. The van der Waals surface area contributed by atoms with Gasteiger partial charge in [0.1, 0.15) is 5.82 Å². The Morgan fingerprint density at radius 2 is 2.16 bits per heavy atom. The molecule has 0 bridgehead atoms. The van der Waals surface area contributed by atoms with Crippen molar-refractivity contribution in [3.05, 3.63) is 23.9 Å². The van der Waals surface area contributed by atoms with Crippen molar-refractivity contribution in [3.8, 4) is 0 Å². The highest BCUT2D eigenvalue weighted by atomic mass is 16.3. The van der Waals surface area contributed by atoms with Crippen LogP contribution in [0.5, 0.6) is 0 Å². The van der Waals surface area contributed by atoms with E-state index in [2.05, 4.69) is 10.3 Å². The van der Waals surface area contributed by atoms with Crippen LogP contribution in [0.4, 0.5) is 5.82 Å². The van der Waals surface area contributed by atoms with Crippen LogP contribution in [0.3, 0.4) is 0 Å². The minimum atomic E-state index is -0.423. The monoisotopic (exact) mass is 263 g/mol. The van der Waals surface area contributed by atoms with Crippen LogP contribution in [0.15, 0.2) is 18.3 Å². The average molecular weight is 263 g/mol. The van der Waals surface area contributed by atoms with Crippen molar-refractivity contribution in [1.82, 2.24) is 10.3 Å². The van der Waals surface area contributed by atoms with Crippen LogP contribution in [0.2, 0.25) is 0 Å². The van der Waals surface area contributed by atoms with Crippen molar-refractivity contribution in [3.63, 3.8) is 0 Å². The highest BCUT2D eigenvalue weighted by molar-refractivity contribution is 5.95. The van der Waals surface area contributed by atoms with Gasteiger partial charge in [-0.2, -0.15) is 0 Å². The van der Waals surface area contributed by atoms with Gasteiger partial charge in [-0.05, 0) is 25.0 Å². The van der Waals surface area contributed by atoms with Gasteiger partial charge in [-0.25, -0.2) is 4.98 Å². The predicted molar refractivity (Wildman–Crippen MR) is 74.3 cm³/mol. The maximum absolute atomic E-state index is 12.2. The van der Waals surface area contributed by atoms with Crippen molar-refractivity contribution >= 4 is 11.7 Å². The number of carbonyl (C=O) groups is 1. The van der Waals surface area contributed by atoms with E-state index in [4.69, 9.17) is 0 Å². The lowest BCUT2D eigenvalue weighted by Crippen LogP contribution is -2.45. The second-order valence-corrected chi connectivity index (χ2v) is 5.23. The number of nitrogens with one attached hydrogen (secondary N) is 1. The molecule has 1 saturated carbocycles. The Labute approximate surface area is 113 Å². The van der Waals surface area contributed by atoms with Gasteiger partial charge in [0.25, 0.3) is 5.91 Å². The zero-order valence-corrected chi connectivity index (χ0v) is 11.5. The number of amides is 1. The first-order valence-corrected chi connectivity index (χ1v) is 6.70. The van der Waals surface area contributed by atoms with Crippen molar-refractivity contribution in [2.24, 2.45) is 0 Å². The molecule has 0 radical (unpaired) electrons. The molecule has 5 heteroatoms. The van der Waals surface area contributed by atoms with Gasteiger partial charge < -0.3 is 15.3 Å². The molecule has 1 amide bonds. The molecule has 0 aromatic carbocycles. The van der Waals surface area contributed by atoms with Crippen LogP contribution in [0, 0.1) is 0 Å². The number of aliphatic hydroxyl groups is 1. The molecule has 2 atom stereocenters. The average Bonchev–Trinajstić information content (AvgIpc) is 2.41. The van der Waals surface area contributed by atoms with Gasteiger partial charge in [0.15, 0.2) is 0 Å². The second-order valence-electron chi connectivity index (χ2n) is 5.23. The number of rotatable bonds is 3. The van der Waals surface area contributed by atoms with E-state index in [0.29, 0.717) is 5.56 Å². The lowest BCUT2D eigenvalue weighted by molar-refractivity contribution is 0.0717. The third-order valence-electron chi connectivity index (χ3n) is 3.51. The highest BCUT2D eigenvalue weighted by Gasteiger charge is 2.24. The van der Waals surface area contributed by atoms with Crippen molar-refractivity contribution in [2.75, 3.05) is 19.0 Å².